The molecule has 1 heterocycles. The molecule has 1 aromatic rings. The molecule has 23 heavy (non-hydrogen) atoms. The first-order valence-corrected chi connectivity index (χ1v) is 10.8. The van der Waals surface area contributed by atoms with Gasteiger partial charge in [-0.25, -0.2) is 0 Å². The Morgan fingerprint density at radius 2 is 1.04 bits per heavy atom. The minimum Gasteiger partial charge on any atom is -0.144 e. The van der Waals surface area contributed by atoms with E-state index in [2.05, 4.69) is 24.0 Å². The lowest BCUT2D eigenvalue weighted by molar-refractivity contribution is 0.357. The molecule has 0 amide bonds. The van der Waals surface area contributed by atoms with E-state index in [-0.39, 0.29) is 5.41 Å². The topological polar surface area (TPSA) is 25.8 Å². The average molecular weight is 337 g/mol. The van der Waals surface area contributed by atoms with Crippen molar-refractivity contribution >= 4 is 11.3 Å². The van der Waals surface area contributed by atoms with Gasteiger partial charge < -0.3 is 0 Å². The molecule has 0 aromatic carbocycles. The molecule has 0 atom stereocenters. The summed E-state index contributed by atoms with van der Waals surface area (Å²) >= 11 is 1.82. The molecular weight excluding hydrogens is 300 g/mol. The minimum absolute atomic E-state index is 0.267. The van der Waals surface area contributed by atoms with Crippen LogP contribution in [0.2, 0.25) is 0 Å². The van der Waals surface area contributed by atoms with E-state index in [9.17, 15) is 0 Å². The van der Waals surface area contributed by atoms with Crippen molar-refractivity contribution in [2.75, 3.05) is 0 Å². The fourth-order valence-corrected chi connectivity index (χ4v) is 4.75. The summed E-state index contributed by atoms with van der Waals surface area (Å²) in [6.45, 7) is 4.52. The highest BCUT2D eigenvalue weighted by Gasteiger charge is 2.29. The predicted molar refractivity (Wildman–Crippen MR) is 101 cm³/mol. The van der Waals surface area contributed by atoms with Gasteiger partial charge in [-0.15, -0.1) is 21.5 Å². The Morgan fingerprint density at radius 1 is 0.652 bits per heavy atom. The molecule has 0 spiro atoms. The summed E-state index contributed by atoms with van der Waals surface area (Å²) in [6, 6.07) is 0. The first-order chi connectivity index (χ1) is 11.2. The molecule has 1 aliphatic carbocycles. The molecule has 0 unspecified atom stereocenters. The van der Waals surface area contributed by atoms with Crippen LogP contribution >= 0.6 is 11.3 Å². The van der Waals surface area contributed by atoms with E-state index in [1.165, 1.54) is 101 Å². The highest BCUT2D eigenvalue weighted by molar-refractivity contribution is 7.11. The van der Waals surface area contributed by atoms with Crippen LogP contribution in [-0.2, 0) is 5.41 Å². The lowest BCUT2D eigenvalue weighted by Crippen LogP contribution is -2.22. The number of aryl methyl sites for hydroxylation is 1. The summed E-state index contributed by atoms with van der Waals surface area (Å²) in [7, 11) is 0. The number of hydrogen-bond acceptors (Lipinski definition) is 3. The van der Waals surface area contributed by atoms with E-state index in [4.69, 9.17) is 0 Å². The van der Waals surface area contributed by atoms with E-state index in [0.29, 0.717) is 0 Å². The Bertz CT molecular complexity index is 411. The zero-order valence-electron chi connectivity index (χ0n) is 15.4. The van der Waals surface area contributed by atoms with Gasteiger partial charge in [-0.3, -0.25) is 0 Å². The van der Waals surface area contributed by atoms with Crippen molar-refractivity contribution in [1.29, 1.82) is 0 Å². The normalized spacial score (nSPS) is 22.7. The van der Waals surface area contributed by atoms with Crippen molar-refractivity contribution in [2.24, 2.45) is 0 Å². The van der Waals surface area contributed by atoms with E-state index in [0.717, 1.165) is 5.01 Å². The van der Waals surface area contributed by atoms with Crippen LogP contribution in [0, 0.1) is 6.92 Å². The van der Waals surface area contributed by atoms with Gasteiger partial charge in [0.25, 0.3) is 0 Å². The van der Waals surface area contributed by atoms with Gasteiger partial charge in [-0.05, 0) is 19.8 Å². The molecule has 0 bridgehead atoms. The molecule has 0 aliphatic heterocycles. The standard InChI is InChI=1S/C20H36N2S/c1-18-21-22-19(23-18)20(2)16-14-12-10-8-6-4-3-5-7-9-11-13-15-17-20/h3-17H2,1-2H3. The van der Waals surface area contributed by atoms with Gasteiger partial charge in [0.1, 0.15) is 10.0 Å². The first-order valence-electron chi connectivity index (χ1n) is 10.0. The second-order valence-electron chi connectivity index (χ2n) is 7.78. The number of aromatic nitrogens is 2. The maximum atomic E-state index is 4.51. The molecule has 1 fully saturated rings. The fourth-order valence-electron chi connectivity index (χ4n) is 3.85. The minimum atomic E-state index is 0.267. The number of rotatable bonds is 1. The van der Waals surface area contributed by atoms with Crippen LogP contribution in [0.5, 0.6) is 0 Å². The first kappa shape index (κ1) is 18.9. The molecule has 3 heteroatoms. The quantitative estimate of drug-likeness (QED) is 0.553. The van der Waals surface area contributed by atoms with Crippen molar-refractivity contribution in [3.8, 4) is 0 Å². The van der Waals surface area contributed by atoms with Gasteiger partial charge in [0, 0.05) is 5.41 Å². The molecule has 132 valence electrons. The Kier molecular flexibility index (Phi) is 8.57. The third-order valence-electron chi connectivity index (χ3n) is 5.50. The summed E-state index contributed by atoms with van der Waals surface area (Å²) in [6.07, 6.45) is 21.1. The molecule has 0 N–H and O–H groups in total. The largest absolute Gasteiger partial charge is 0.144 e. The summed E-state index contributed by atoms with van der Waals surface area (Å²) in [5.74, 6) is 0. The van der Waals surface area contributed by atoms with Crippen molar-refractivity contribution < 1.29 is 0 Å². The van der Waals surface area contributed by atoms with Crippen LogP contribution in [0.25, 0.3) is 0 Å². The van der Waals surface area contributed by atoms with Crippen LogP contribution in [0.15, 0.2) is 0 Å². The van der Waals surface area contributed by atoms with Crippen LogP contribution in [0.4, 0.5) is 0 Å². The monoisotopic (exact) mass is 336 g/mol. The van der Waals surface area contributed by atoms with E-state index in [1.54, 1.807) is 0 Å². The van der Waals surface area contributed by atoms with Gasteiger partial charge in [-0.2, -0.15) is 0 Å². The van der Waals surface area contributed by atoms with Gasteiger partial charge in [0.2, 0.25) is 0 Å². The van der Waals surface area contributed by atoms with E-state index >= 15 is 0 Å². The molecule has 1 aliphatic rings. The molecule has 2 nitrogen and oxygen atoms in total. The van der Waals surface area contributed by atoms with Crippen molar-refractivity contribution in [2.45, 2.75) is 116 Å². The van der Waals surface area contributed by atoms with Crippen molar-refractivity contribution in [3.63, 3.8) is 0 Å². The third kappa shape index (κ3) is 6.91. The van der Waals surface area contributed by atoms with Crippen LogP contribution in [0.3, 0.4) is 0 Å². The Morgan fingerprint density at radius 3 is 1.39 bits per heavy atom. The number of nitrogens with zero attached hydrogens (tertiary/aromatic N) is 2. The maximum Gasteiger partial charge on any atom is 0.123 e. The Hall–Kier alpha value is -0.440. The highest BCUT2D eigenvalue weighted by Crippen LogP contribution is 2.37. The highest BCUT2D eigenvalue weighted by atomic mass is 32.1. The Balaban J connectivity index is 1.90. The van der Waals surface area contributed by atoms with Crippen LogP contribution in [0.1, 0.15) is 113 Å². The van der Waals surface area contributed by atoms with Crippen LogP contribution in [-0.4, -0.2) is 10.2 Å². The third-order valence-corrected chi connectivity index (χ3v) is 6.64. The zero-order valence-corrected chi connectivity index (χ0v) is 16.2. The predicted octanol–water partition coefficient (Wildman–Crippen LogP) is 6.97. The SMILES string of the molecule is Cc1nnc(C2(C)CCCCCCCCCCCCCCC2)s1. The Labute approximate surface area is 147 Å². The summed E-state index contributed by atoms with van der Waals surface area (Å²) in [5.41, 5.74) is 0.267. The molecule has 2 rings (SSSR count). The molecule has 0 radical (unpaired) electrons. The van der Waals surface area contributed by atoms with E-state index < -0.39 is 0 Å². The van der Waals surface area contributed by atoms with Gasteiger partial charge in [0.15, 0.2) is 0 Å². The van der Waals surface area contributed by atoms with Crippen molar-refractivity contribution in [1.82, 2.24) is 10.2 Å². The summed E-state index contributed by atoms with van der Waals surface area (Å²) < 4.78 is 0. The van der Waals surface area contributed by atoms with Gasteiger partial charge in [0.05, 0.1) is 0 Å². The average Bonchev–Trinajstić information content (AvgIpc) is 2.97. The second kappa shape index (κ2) is 10.4. The molecular formula is C20H36N2S. The maximum absolute atomic E-state index is 4.51. The van der Waals surface area contributed by atoms with Crippen molar-refractivity contribution in [3.05, 3.63) is 10.0 Å². The van der Waals surface area contributed by atoms with Gasteiger partial charge >= 0.3 is 0 Å². The molecule has 1 aromatic heterocycles. The fraction of sp³-hybridized carbons (Fsp3) is 0.900. The zero-order chi connectivity index (χ0) is 16.4. The van der Waals surface area contributed by atoms with E-state index in [1.807, 2.05) is 11.3 Å². The smallest absolute Gasteiger partial charge is 0.123 e. The van der Waals surface area contributed by atoms with Gasteiger partial charge in [-0.1, -0.05) is 90.4 Å². The summed E-state index contributed by atoms with van der Waals surface area (Å²) in [4.78, 5) is 0. The number of hydrogen-bond donors (Lipinski definition) is 0. The second-order valence-corrected chi connectivity index (χ2v) is 8.96. The lowest BCUT2D eigenvalue weighted by Gasteiger charge is -2.27. The lowest BCUT2D eigenvalue weighted by atomic mass is 9.80. The molecule has 1 saturated carbocycles. The van der Waals surface area contributed by atoms with Crippen LogP contribution < -0.4 is 0 Å². The summed E-state index contributed by atoms with van der Waals surface area (Å²) in [5, 5.41) is 11.2. The molecule has 0 saturated heterocycles.